The number of nitrogen functional groups attached to an aromatic ring is 1. The van der Waals surface area contributed by atoms with Crippen molar-refractivity contribution in [2.24, 2.45) is 5.84 Å². The number of amides is 1. The van der Waals surface area contributed by atoms with E-state index in [0.29, 0.717) is 18.9 Å². The van der Waals surface area contributed by atoms with Crippen LogP contribution in [-0.4, -0.2) is 28.5 Å². The quantitative estimate of drug-likeness (QED) is 0.482. The fourth-order valence-corrected chi connectivity index (χ4v) is 2.30. The van der Waals surface area contributed by atoms with E-state index in [1.807, 2.05) is 24.3 Å². The minimum absolute atomic E-state index is 0.0971. The Morgan fingerprint density at radius 3 is 2.90 bits per heavy atom. The van der Waals surface area contributed by atoms with Crippen LogP contribution in [0.1, 0.15) is 12.8 Å². The number of fused-ring (bicyclic) bond motifs is 1. The summed E-state index contributed by atoms with van der Waals surface area (Å²) >= 11 is 0. The van der Waals surface area contributed by atoms with Crippen molar-refractivity contribution in [2.45, 2.75) is 18.9 Å². The van der Waals surface area contributed by atoms with Crippen molar-refractivity contribution in [3.05, 3.63) is 24.3 Å². The van der Waals surface area contributed by atoms with Gasteiger partial charge in [0, 0.05) is 24.4 Å². The van der Waals surface area contributed by atoms with Crippen molar-refractivity contribution < 1.29 is 4.79 Å². The first kappa shape index (κ1) is 12.6. The zero-order valence-corrected chi connectivity index (χ0v) is 10.9. The first-order chi connectivity index (χ1) is 9.76. The third kappa shape index (κ3) is 2.48. The second-order valence-corrected chi connectivity index (χ2v) is 4.74. The number of aromatic nitrogens is 2. The van der Waals surface area contributed by atoms with Gasteiger partial charge in [-0.3, -0.25) is 10.2 Å². The molecule has 2 aromatic rings. The SMILES string of the molecule is NNc1nc(NC2CCC(=O)NC2)c2ccccc2n1. The molecule has 7 heteroatoms. The predicted octanol–water partition coefficient (Wildman–Crippen LogP) is 0.606. The maximum absolute atomic E-state index is 11.2. The zero-order valence-electron chi connectivity index (χ0n) is 10.9. The highest BCUT2D eigenvalue weighted by molar-refractivity contribution is 5.90. The van der Waals surface area contributed by atoms with E-state index in [0.717, 1.165) is 23.1 Å². The average Bonchev–Trinajstić information content (AvgIpc) is 2.49. The zero-order chi connectivity index (χ0) is 13.9. The van der Waals surface area contributed by atoms with Crippen molar-refractivity contribution in [2.75, 3.05) is 17.3 Å². The van der Waals surface area contributed by atoms with Gasteiger partial charge in [0.25, 0.3) is 0 Å². The lowest BCUT2D eigenvalue weighted by Gasteiger charge is -2.24. The van der Waals surface area contributed by atoms with Crippen LogP contribution in [0.2, 0.25) is 0 Å². The van der Waals surface area contributed by atoms with Crippen LogP contribution in [-0.2, 0) is 4.79 Å². The molecule has 1 aliphatic heterocycles. The van der Waals surface area contributed by atoms with Gasteiger partial charge in [-0.05, 0) is 18.6 Å². The molecule has 0 radical (unpaired) electrons. The molecule has 7 nitrogen and oxygen atoms in total. The molecule has 1 amide bonds. The number of para-hydroxylation sites is 1. The maximum Gasteiger partial charge on any atom is 0.239 e. The lowest BCUT2D eigenvalue weighted by atomic mass is 10.1. The molecule has 104 valence electrons. The number of nitrogens with two attached hydrogens (primary N) is 1. The van der Waals surface area contributed by atoms with Gasteiger partial charge in [-0.2, -0.15) is 4.98 Å². The van der Waals surface area contributed by atoms with Crippen LogP contribution in [0.15, 0.2) is 24.3 Å². The standard InChI is InChI=1S/C13H16N6O/c14-19-13-17-10-4-2-1-3-9(10)12(18-13)16-8-5-6-11(20)15-7-8/h1-4,8H,5-7,14H2,(H,15,20)(H2,16,17,18,19). The summed E-state index contributed by atoms with van der Waals surface area (Å²) in [6.07, 6.45) is 1.32. The normalized spacial score (nSPS) is 18.6. The fourth-order valence-electron chi connectivity index (χ4n) is 2.30. The third-order valence-corrected chi connectivity index (χ3v) is 3.34. The van der Waals surface area contributed by atoms with E-state index in [9.17, 15) is 4.79 Å². The molecule has 1 aromatic carbocycles. The van der Waals surface area contributed by atoms with E-state index < -0.39 is 0 Å². The molecule has 0 bridgehead atoms. The Morgan fingerprint density at radius 2 is 2.15 bits per heavy atom. The monoisotopic (exact) mass is 272 g/mol. The first-order valence-electron chi connectivity index (χ1n) is 6.53. The lowest BCUT2D eigenvalue weighted by Crippen LogP contribution is -2.42. The predicted molar refractivity (Wildman–Crippen MR) is 77.0 cm³/mol. The number of piperidine rings is 1. The second-order valence-electron chi connectivity index (χ2n) is 4.74. The summed E-state index contributed by atoms with van der Waals surface area (Å²) in [7, 11) is 0. The molecular formula is C13H16N6O. The maximum atomic E-state index is 11.2. The molecule has 0 saturated carbocycles. The molecule has 5 N–H and O–H groups in total. The summed E-state index contributed by atoms with van der Waals surface area (Å²) in [6.45, 7) is 0.600. The van der Waals surface area contributed by atoms with Crippen LogP contribution in [0, 0.1) is 0 Å². The van der Waals surface area contributed by atoms with Gasteiger partial charge in [0.1, 0.15) is 5.82 Å². The van der Waals surface area contributed by atoms with Crippen molar-refractivity contribution in [3.8, 4) is 0 Å². The van der Waals surface area contributed by atoms with Crippen LogP contribution in [0.4, 0.5) is 11.8 Å². The number of hydrogen-bond donors (Lipinski definition) is 4. The number of anilines is 2. The Balaban J connectivity index is 1.91. The minimum Gasteiger partial charge on any atom is -0.365 e. The summed E-state index contributed by atoms with van der Waals surface area (Å²) in [4.78, 5) is 19.8. The molecule has 2 heterocycles. The highest BCUT2D eigenvalue weighted by Crippen LogP contribution is 2.23. The van der Waals surface area contributed by atoms with Gasteiger partial charge in [-0.25, -0.2) is 10.8 Å². The molecule has 20 heavy (non-hydrogen) atoms. The van der Waals surface area contributed by atoms with Crippen LogP contribution in [0.5, 0.6) is 0 Å². The average molecular weight is 272 g/mol. The third-order valence-electron chi connectivity index (χ3n) is 3.34. The highest BCUT2D eigenvalue weighted by atomic mass is 16.1. The van der Waals surface area contributed by atoms with Gasteiger partial charge in [-0.15, -0.1) is 0 Å². The first-order valence-corrected chi connectivity index (χ1v) is 6.53. The van der Waals surface area contributed by atoms with Crippen LogP contribution >= 0.6 is 0 Å². The van der Waals surface area contributed by atoms with Crippen molar-refractivity contribution >= 4 is 28.6 Å². The molecule has 0 aliphatic carbocycles. The molecule has 1 unspecified atom stereocenters. The number of nitrogens with zero attached hydrogens (tertiary/aromatic N) is 2. The molecular weight excluding hydrogens is 256 g/mol. The van der Waals surface area contributed by atoms with E-state index >= 15 is 0 Å². The van der Waals surface area contributed by atoms with Crippen molar-refractivity contribution in [1.82, 2.24) is 15.3 Å². The van der Waals surface area contributed by atoms with E-state index in [2.05, 4.69) is 26.0 Å². The largest absolute Gasteiger partial charge is 0.365 e. The summed E-state index contributed by atoms with van der Waals surface area (Å²) in [5.41, 5.74) is 3.29. The smallest absolute Gasteiger partial charge is 0.239 e. The fraction of sp³-hybridized carbons (Fsp3) is 0.308. The topological polar surface area (TPSA) is 105 Å². The molecule has 3 rings (SSSR count). The molecule has 1 saturated heterocycles. The molecule has 1 aromatic heterocycles. The van der Waals surface area contributed by atoms with E-state index in [4.69, 9.17) is 5.84 Å². The van der Waals surface area contributed by atoms with Crippen molar-refractivity contribution in [1.29, 1.82) is 0 Å². The summed E-state index contributed by atoms with van der Waals surface area (Å²) < 4.78 is 0. The summed E-state index contributed by atoms with van der Waals surface area (Å²) in [5.74, 6) is 6.59. The Kier molecular flexibility index (Phi) is 3.34. The van der Waals surface area contributed by atoms with Gasteiger partial charge < -0.3 is 10.6 Å². The summed E-state index contributed by atoms with van der Waals surface area (Å²) in [5, 5.41) is 7.14. The van der Waals surface area contributed by atoms with Crippen LogP contribution < -0.4 is 21.9 Å². The number of carbonyl (C=O) groups excluding carboxylic acids is 1. The lowest BCUT2D eigenvalue weighted by molar-refractivity contribution is -0.122. The summed E-state index contributed by atoms with van der Waals surface area (Å²) in [6, 6.07) is 7.89. The molecule has 1 aliphatic rings. The highest BCUT2D eigenvalue weighted by Gasteiger charge is 2.19. The van der Waals surface area contributed by atoms with Gasteiger partial charge in [0.2, 0.25) is 11.9 Å². The second kappa shape index (κ2) is 5.30. The van der Waals surface area contributed by atoms with Gasteiger partial charge in [0.05, 0.1) is 5.52 Å². The van der Waals surface area contributed by atoms with Gasteiger partial charge >= 0.3 is 0 Å². The number of nitrogens with one attached hydrogen (secondary N) is 3. The van der Waals surface area contributed by atoms with E-state index in [1.165, 1.54) is 0 Å². The van der Waals surface area contributed by atoms with Crippen LogP contribution in [0.25, 0.3) is 10.9 Å². The number of hydrazine groups is 1. The minimum atomic E-state index is 0.0971. The molecule has 1 fully saturated rings. The Morgan fingerprint density at radius 1 is 1.30 bits per heavy atom. The molecule has 0 spiro atoms. The van der Waals surface area contributed by atoms with E-state index in [1.54, 1.807) is 0 Å². The number of benzene rings is 1. The Labute approximate surface area is 115 Å². The Bertz CT molecular complexity index is 634. The molecule has 1 atom stereocenters. The number of hydrogen-bond acceptors (Lipinski definition) is 6. The van der Waals surface area contributed by atoms with E-state index in [-0.39, 0.29) is 11.9 Å². The number of carbonyl (C=O) groups is 1. The van der Waals surface area contributed by atoms with Gasteiger partial charge in [0.15, 0.2) is 0 Å². The Hall–Kier alpha value is -2.41. The van der Waals surface area contributed by atoms with Crippen molar-refractivity contribution in [3.63, 3.8) is 0 Å². The van der Waals surface area contributed by atoms with Crippen LogP contribution in [0.3, 0.4) is 0 Å². The van der Waals surface area contributed by atoms with Gasteiger partial charge in [-0.1, -0.05) is 12.1 Å². The number of rotatable bonds is 3.